The van der Waals surface area contributed by atoms with Crippen molar-refractivity contribution in [3.8, 4) is 17.1 Å². The zero-order chi connectivity index (χ0) is 17.9. The Hall–Kier alpha value is -2.16. The van der Waals surface area contributed by atoms with Gasteiger partial charge in [0.25, 0.3) is 5.91 Å². The monoisotopic (exact) mass is 460 g/mol. The van der Waals surface area contributed by atoms with E-state index in [1.165, 1.54) is 6.42 Å². The third-order valence-corrected chi connectivity index (χ3v) is 6.71. The molecule has 2 N–H and O–H groups in total. The molecule has 3 aromatic rings. The number of nitrogens with zero attached hydrogens (tertiary/aromatic N) is 2. The molecule has 0 aromatic carbocycles. The smallest absolute Gasteiger partial charge is 0.254 e. The Bertz CT molecular complexity index is 1060. The maximum absolute atomic E-state index is 12.6. The number of ether oxygens (including phenoxy) is 1. The molecule has 1 saturated carbocycles. The zero-order valence-corrected chi connectivity index (χ0v) is 16.4. The summed E-state index contributed by atoms with van der Waals surface area (Å²) in [6.07, 6.45) is 5.21. The topological polar surface area (TPSA) is 79.9 Å². The molecule has 1 aliphatic heterocycles. The fraction of sp³-hybridized carbons (Fsp3) is 0.316. The SMILES string of the molecule is COc1ccc2nccc(-c3[nH]c4c(c3I)C(=O)NCC43CCC3)c2n1. The predicted molar refractivity (Wildman–Crippen MR) is 106 cm³/mol. The Morgan fingerprint density at radius 2 is 2.12 bits per heavy atom. The number of methoxy groups -OCH3 is 1. The molecule has 0 unspecified atom stereocenters. The lowest BCUT2D eigenvalue weighted by atomic mass is 9.64. The maximum atomic E-state index is 12.6. The van der Waals surface area contributed by atoms with E-state index in [4.69, 9.17) is 4.74 Å². The molecule has 132 valence electrons. The Labute approximate surface area is 163 Å². The number of fused-ring (bicyclic) bond motifs is 3. The minimum absolute atomic E-state index is 0.00771. The molecule has 0 saturated heterocycles. The standard InChI is InChI=1S/C19H17IN4O2/c1-26-12-4-3-11-15(23-12)10(5-8-21-11)16-14(20)13-17(24-16)19(6-2-7-19)9-22-18(13)25/h3-5,8,24H,2,6-7,9H2,1H3,(H,22,25). The van der Waals surface area contributed by atoms with Gasteiger partial charge in [-0.2, -0.15) is 0 Å². The van der Waals surface area contributed by atoms with E-state index in [2.05, 4.69) is 42.9 Å². The molecule has 1 aliphatic carbocycles. The average Bonchev–Trinajstić information content (AvgIpc) is 2.98. The van der Waals surface area contributed by atoms with Gasteiger partial charge in [-0.05, 0) is 47.6 Å². The van der Waals surface area contributed by atoms with Gasteiger partial charge in [-0.25, -0.2) is 4.98 Å². The van der Waals surface area contributed by atoms with Crippen molar-refractivity contribution in [2.75, 3.05) is 13.7 Å². The van der Waals surface area contributed by atoms with Gasteiger partial charge < -0.3 is 15.0 Å². The van der Waals surface area contributed by atoms with Gasteiger partial charge in [0.05, 0.1) is 27.5 Å². The lowest BCUT2D eigenvalue weighted by molar-refractivity contribution is 0.0892. The van der Waals surface area contributed by atoms with E-state index < -0.39 is 0 Å². The van der Waals surface area contributed by atoms with E-state index in [0.29, 0.717) is 5.88 Å². The highest BCUT2D eigenvalue weighted by atomic mass is 127. The summed E-state index contributed by atoms with van der Waals surface area (Å²) in [5, 5.41) is 3.08. The number of carbonyl (C=O) groups excluding carboxylic acids is 1. The molecule has 3 aromatic heterocycles. The molecule has 26 heavy (non-hydrogen) atoms. The van der Waals surface area contributed by atoms with Crippen LogP contribution < -0.4 is 10.1 Å². The summed E-state index contributed by atoms with van der Waals surface area (Å²) in [5.74, 6) is 0.555. The first-order valence-electron chi connectivity index (χ1n) is 8.63. The van der Waals surface area contributed by atoms with E-state index in [-0.39, 0.29) is 11.3 Å². The number of nitrogens with one attached hydrogen (secondary N) is 2. The van der Waals surface area contributed by atoms with Crippen LogP contribution in [0.15, 0.2) is 24.4 Å². The van der Waals surface area contributed by atoms with Crippen molar-refractivity contribution < 1.29 is 9.53 Å². The van der Waals surface area contributed by atoms with Crippen molar-refractivity contribution in [2.45, 2.75) is 24.7 Å². The summed E-state index contributed by atoms with van der Waals surface area (Å²) in [6, 6.07) is 5.65. The Morgan fingerprint density at radius 3 is 2.85 bits per heavy atom. The summed E-state index contributed by atoms with van der Waals surface area (Å²) in [5.41, 5.74) is 5.39. The van der Waals surface area contributed by atoms with Gasteiger partial charge in [-0.15, -0.1) is 0 Å². The fourth-order valence-corrected chi connectivity index (χ4v) is 4.99. The number of halogens is 1. The van der Waals surface area contributed by atoms with E-state index in [1.807, 2.05) is 12.1 Å². The largest absolute Gasteiger partial charge is 0.481 e. The molecule has 0 bridgehead atoms. The molecule has 1 spiro atoms. The maximum Gasteiger partial charge on any atom is 0.254 e. The molecular formula is C19H17IN4O2. The second kappa shape index (κ2) is 5.67. The van der Waals surface area contributed by atoms with Gasteiger partial charge in [0.2, 0.25) is 5.88 Å². The van der Waals surface area contributed by atoms with Crippen LogP contribution in [0, 0.1) is 3.57 Å². The van der Waals surface area contributed by atoms with Gasteiger partial charge in [0.1, 0.15) is 5.52 Å². The number of carbonyl (C=O) groups is 1. The van der Waals surface area contributed by atoms with Gasteiger partial charge >= 0.3 is 0 Å². The summed E-state index contributed by atoms with van der Waals surface area (Å²) >= 11 is 2.27. The molecule has 1 amide bonds. The van der Waals surface area contributed by atoms with Crippen LogP contribution in [0.2, 0.25) is 0 Å². The number of pyridine rings is 2. The minimum atomic E-state index is 0.00771. The highest BCUT2D eigenvalue weighted by Crippen LogP contribution is 2.48. The molecule has 5 rings (SSSR count). The summed E-state index contributed by atoms with van der Waals surface area (Å²) in [6.45, 7) is 0.720. The van der Waals surface area contributed by atoms with Crippen molar-refractivity contribution >= 4 is 39.5 Å². The fourth-order valence-electron chi connectivity index (χ4n) is 4.05. The van der Waals surface area contributed by atoms with E-state index in [9.17, 15) is 4.79 Å². The van der Waals surface area contributed by atoms with Crippen molar-refractivity contribution in [2.24, 2.45) is 0 Å². The molecular weight excluding hydrogens is 443 g/mol. The molecule has 0 atom stereocenters. The second-order valence-electron chi connectivity index (χ2n) is 6.96. The highest BCUT2D eigenvalue weighted by Gasteiger charge is 2.46. The number of aromatic nitrogens is 3. The summed E-state index contributed by atoms with van der Waals surface area (Å²) in [4.78, 5) is 25.2. The highest BCUT2D eigenvalue weighted by molar-refractivity contribution is 14.1. The van der Waals surface area contributed by atoms with Crippen LogP contribution in [0.5, 0.6) is 5.88 Å². The van der Waals surface area contributed by atoms with E-state index >= 15 is 0 Å². The van der Waals surface area contributed by atoms with Crippen LogP contribution in [0.3, 0.4) is 0 Å². The number of rotatable bonds is 2. The molecule has 0 radical (unpaired) electrons. The predicted octanol–water partition coefficient (Wildman–Crippen LogP) is 3.40. The van der Waals surface area contributed by atoms with Crippen LogP contribution in [0.1, 0.15) is 35.3 Å². The van der Waals surface area contributed by atoms with Crippen molar-refractivity contribution in [1.29, 1.82) is 0 Å². The number of hydrogen-bond donors (Lipinski definition) is 2. The number of H-pyrrole nitrogens is 1. The van der Waals surface area contributed by atoms with Crippen LogP contribution in [0.25, 0.3) is 22.3 Å². The van der Waals surface area contributed by atoms with Gasteiger partial charge in [0.15, 0.2) is 0 Å². The summed E-state index contributed by atoms with van der Waals surface area (Å²) < 4.78 is 6.23. The molecule has 2 aliphatic rings. The van der Waals surface area contributed by atoms with Crippen molar-refractivity contribution in [1.82, 2.24) is 20.3 Å². The Balaban J connectivity index is 1.77. The van der Waals surface area contributed by atoms with Gasteiger partial charge in [-0.1, -0.05) is 6.42 Å². The lowest BCUT2D eigenvalue weighted by Crippen LogP contribution is -2.50. The number of aromatic amines is 1. The van der Waals surface area contributed by atoms with Crippen molar-refractivity contribution in [3.05, 3.63) is 39.2 Å². The molecule has 1 fully saturated rings. The van der Waals surface area contributed by atoms with Crippen LogP contribution in [0.4, 0.5) is 0 Å². The number of hydrogen-bond acceptors (Lipinski definition) is 4. The minimum Gasteiger partial charge on any atom is -0.481 e. The third kappa shape index (κ3) is 2.12. The van der Waals surface area contributed by atoms with Gasteiger partial charge in [0, 0.05) is 35.5 Å². The molecule has 6 nitrogen and oxygen atoms in total. The van der Waals surface area contributed by atoms with Crippen LogP contribution in [-0.4, -0.2) is 34.5 Å². The average molecular weight is 460 g/mol. The molecule has 4 heterocycles. The first kappa shape index (κ1) is 16.0. The number of amides is 1. The van der Waals surface area contributed by atoms with E-state index in [1.54, 1.807) is 19.4 Å². The van der Waals surface area contributed by atoms with Crippen LogP contribution >= 0.6 is 22.6 Å². The van der Waals surface area contributed by atoms with Gasteiger partial charge in [-0.3, -0.25) is 9.78 Å². The first-order valence-corrected chi connectivity index (χ1v) is 9.71. The normalized spacial score (nSPS) is 17.7. The molecule has 7 heteroatoms. The Morgan fingerprint density at radius 1 is 1.27 bits per heavy atom. The van der Waals surface area contributed by atoms with Crippen molar-refractivity contribution in [3.63, 3.8) is 0 Å². The quantitative estimate of drug-likeness (QED) is 0.575. The Kier molecular flexibility index (Phi) is 3.50. The van der Waals surface area contributed by atoms with E-state index in [0.717, 1.165) is 56.5 Å². The lowest BCUT2D eigenvalue weighted by Gasteiger charge is -2.44. The second-order valence-corrected chi connectivity index (χ2v) is 8.04. The summed E-state index contributed by atoms with van der Waals surface area (Å²) in [7, 11) is 1.60. The third-order valence-electron chi connectivity index (χ3n) is 5.63. The first-order chi connectivity index (χ1) is 12.6. The van der Waals surface area contributed by atoms with Crippen LogP contribution in [-0.2, 0) is 5.41 Å². The zero-order valence-electron chi connectivity index (χ0n) is 14.2.